The van der Waals surface area contributed by atoms with Crippen molar-refractivity contribution < 1.29 is 4.43 Å². The standard InChI is InChI=1S/C16H34OSi/c1-9-16(8)15(7,14(4,5)6)12-13-18(10-2,11-3)17-16/h9-13H2,1-8H3. The van der Waals surface area contributed by atoms with Gasteiger partial charge in [0.25, 0.3) is 0 Å². The third-order valence-electron chi connectivity index (χ3n) is 6.31. The third kappa shape index (κ3) is 2.31. The zero-order chi connectivity index (χ0) is 14.2. The first kappa shape index (κ1) is 16.2. The van der Waals surface area contributed by atoms with Crippen molar-refractivity contribution in [1.29, 1.82) is 0 Å². The molecule has 0 aliphatic carbocycles. The highest BCUT2D eigenvalue weighted by atomic mass is 28.4. The maximum Gasteiger partial charge on any atom is 0.193 e. The zero-order valence-corrected chi connectivity index (χ0v) is 14.9. The van der Waals surface area contributed by atoms with Gasteiger partial charge in [0, 0.05) is 0 Å². The van der Waals surface area contributed by atoms with Crippen molar-refractivity contribution in [2.45, 2.75) is 92.0 Å². The maximum absolute atomic E-state index is 6.89. The van der Waals surface area contributed by atoms with E-state index in [1.165, 1.54) is 24.6 Å². The van der Waals surface area contributed by atoms with Crippen molar-refractivity contribution >= 4 is 8.32 Å². The van der Waals surface area contributed by atoms with E-state index in [9.17, 15) is 0 Å². The maximum atomic E-state index is 6.89. The van der Waals surface area contributed by atoms with E-state index in [0.717, 1.165) is 6.42 Å². The SMILES string of the molecule is CCC1(C)O[Si](CC)(CC)CCC1(C)C(C)(C)C. The molecule has 1 nitrogen and oxygen atoms in total. The lowest BCUT2D eigenvalue weighted by Gasteiger charge is -2.61. The first-order valence-corrected chi connectivity index (χ1v) is 10.3. The summed E-state index contributed by atoms with van der Waals surface area (Å²) in [7, 11) is -1.45. The molecular formula is C16H34OSi. The lowest BCUT2D eigenvalue weighted by molar-refractivity contribution is -0.127. The minimum Gasteiger partial charge on any atom is -0.411 e. The van der Waals surface area contributed by atoms with Crippen LogP contribution in [-0.2, 0) is 4.43 Å². The molecule has 2 heteroatoms. The highest BCUT2D eigenvalue weighted by Gasteiger charge is 2.58. The number of hydrogen-bond acceptors (Lipinski definition) is 1. The van der Waals surface area contributed by atoms with E-state index in [1.807, 2.05) is 0 Å². The van der Waals surface area contributed by atoms with Gasteiger partial charge in [0.05, 0.1) is 5.60 Å². The van der Waals surface area contributed by atoms with Gasteiger partial charge >= 0.3 is 0 Å². The van der Waals surface area contributed by atoms with Crippen LogP contribution < -0.4 is 0 Å². The van der Waals surface area contributed by atoms with Gasteiger partial charge in [-0.05, 0) is 48.7 Å². The summed E-state index contributed by atoms with van der Waals surface area (Å²) in [5, 5.41) is 0. The summed E-state index contributed by atoms with van der Waals surface area (Å²) >= 11 is 0. The molecule has 1 saturated heterocycles. The Morgan fingerprint density at radius 2 is 1.56 bits per heavy atom. The molecule has 0 spiro atoms. The van der Waals surface area contributed by atoms with Gasteiger partial charge in [-0.15, -0.1) is 0 Å². The smallest absolute Gasteiger partial charge is 0.193 e. The van der Waals surface area contributed by atoms with Crippen LogP contribution in [0.4, 0.5) is 0 Å². The molecule has 18 heavy (non-hydrogen) atoms. The van der Waals surface area contributed by atoms with Crippen LogP contribution in [0.2, 0.25) is 18.1 Å². The topological polar surface area (TPSA) is 9.23 Å². The van der Waals surface area contributed by atoms with Crippen molar-refractivity contribution in [1.82, 2.24) is 0 Å². The monoisotopic (exact) mass is 270 g/mol. The summed E-state index contributed by atoms with van der Waals surface area (Å²) in [4.78, 5) is 0. The molecule has 0 saturated carbocycles. The van der Waals surface area contributed by atoms with Crippen molar-refractivity contribution in [2.75, 3.05) is 0 Å². The molecule has 0 N–H and O–H groups in total. The van der Waals surface area contributed by atoms with Crippen LogP contribution in [0.25, 0.3) is 0 Å². The molecule has 108 valence electrons. The van der Waals surface area contributed by atoms with Crippen LogP contribution in [0.15, 0.2) is 0 Å². The largest absolute Gasteiger partial charge is 0.411 e. The van der Waals surface area contributed by atoms with Crippen LogP contribution in [0.3, 0.4) is 0 Å². The van der Waals surface area contributed by atoms with Gasteiger partial charge in [-0.1, -0.05) is 48.5 Å². The molecule has 1 rings (SSSR count). The average molecular weight is 271 g/mol. The summed E-state index contributed by atoms with van der Waals surface area (Å²) in [5.74, 6) is 0. The minimum absolute atomic E-state index is 0.0573. The van der Waals surface area contributed by atoms with Gasteiger partial charge < -0.3 is 4.43 Å². The van der Waals surface area contributed by atoms with Gasteiger partial charge in [0.2, 0.25) is 0 Å². The Morgan fingerprint density at radius 1 is 1.06 bits per heavy atom. The number of hydrogen-bond donors (Lipinski definition) is 0. The lowest BCUT2D eigenvalue weighted by atomic mass is 9.57. The van der Waals surface area contributed by atoms with Gasteiger partial charge in [0.1, 0.15) is 0 Å². The van der Waals surface area contributed by atoms with E-state index in [2.05, 4.69) is 55.4 Å². The van der Waals surface area contributed by atoms with Crippen LogP contribution in [-0.4, -0.2) is 13.9 Å². The molecule has 1 aliphatic rings. The first-order valence-electron chi connectivity index (χ1n) is 7.80. The van der Waals surface area contributed by atoms with Crippen LogP contribution in [0, 0.1) is 10.8 Å². The van der Waals surface area contributed by atoms with Crippen LogP contribution >= 0.6 is 0 Å². The zero-order valence-electron chi connectivity index (χ0n) is 13.9. The molecule has 2 unspecified atom stereocenters. The fourth-order valence-electron chi connectivity index (χ4n) is 3.76. The van der Waals surface area contributed by atoms with E-state index in [0.29, 0.717) is 5.41 Å². The van der Waals surface area contributed by atoms with Crippen LogP contribution in [0.5, 0.6) is 0 Å². The van der Waals surface area contributed by atoms with Crippen molar-refractivity contribution in [3.05, 3.63) is 0 Å². The van der Waals surface area contributed by atoms with E-state index < -0.39 is 8.32 Å². The molecule has 1 aliphatic heterocycles. The Labute approximate surface area is 116 Å². The number of rotatable bonds is 3. The quantitative estimate of drug-likeness (QED) is 0.605. The second-order valence-electron chi connectivity index (χ2n) is 7.66. The lowest BCUT2D eigenvalue weighted by Crippen LogP contribution is -2.62. The molecule has 1 heterocycles. The predicted octanol–water partition coefficient (Wildman–Crippen LogP) is 5.61. The molecule has 0 aromatic rings. The van der Waals surface area contributed by atoms with Gasteiger partial charge in [-0.25, -0.2) is 0 Å². The third-order valence-corrected chi connectivity index (χ3v) is 10.9. The second kappa shape index (κ2) is 4.94. The highest BCUT2D eigenvalue weighted by Crippen LogP contribution is 2.58. The predicted molar refractivity (Wildman–Crippen MR) is 83.5 cm³/mol. The molecule has 0 aromatic heterocycles. The average Bonchev–Trinajstić information content (AvgIpc) is 2.31. The summed E-state index contributed by atoms with van der Waals surface area (Å²) in [6.45, 7) is 19.0. The minimum atomic E-state index is -1.45. The Balaban J connectivity index is 3.15. The molecular weight excluding hydrogens is 236 g/mol. The summed E-state index contributed by atoms with van der Waals surface area (Å²) < 4.78 is 6.89. The van der Waals surface area contributed by atoms with Crippen molar-refractivity contribution in [3.63, 3.8) is 0 Å². The summed E-state index contributed by atoms with van der Waals surface area (Å²) in [6, 6.07) is 3.90. The molecule has 2 atom stereocenters. The first-order chi connectivity index (χ1) is 8.10. The Bertz CT molecular complexity index is 290. The molecule has 0 aromatic carbocycles. The van der Waals surface area contributed by atoms with E-state index in [4.69, 9.17) is 4.43 Å². The summed E-state index contributed by atoms with van der Waals surface area (Å²) in [6.07, 6.45) is 2.48. The Kier molecular flexibility index (Phi) is 4.45. The fourth-order valence-corrected chi connectivity index (χ4v) is 7.64. The van der Waals surface area contributed by atoms with Crippen molar-refractivity contribution in [3.8, 4) is 0 Å². The van der Waals surface area contributed by atoms with Gasteiger partial charge in [-0.3, -0.25) is 0 Å². The second-order valence-corrected chi connectivity index (χ2v) is 12.1. The van der Waals surface area contributed by atoms with Crippen molar-refractivity contribution in [2.24, 2.45) is 10.8 Å². The molecule has 0 radical (unpaired) electrons. The fraction of sp³-hybridized carbons (Fsp3) is 1.00. The normalized spacial score (nSPS) is 36.7. The van der Waals surface area contributed by atoms with Gasteiger partial charge in [0.15, 0.2) is 8.32 Å². The van der Waals surface area contributed by atoms with Gasteiger partial charge in [-0.2, -0.15) is 0 Å². The van der Waals surface area contributed by atoms with Crippen LogP contribution in [0.1, 0.15) is 68.2 Å². The Hall–Kier alpha value is 0.177. The molecule has 0 bridgehead atoms. The highest BCUT2D eigenvalue weighted by molar-refractivity contribution is 6.73. The van der Waals surface area contributed by atoms with E-state index >= 15 is 0 Å². The van der Waals surface area contributed by atoms with E-state index in [1.54, 1.807) is 0 Å². The van der Waals surface area contributed by atoms with E-state index in [-0.39, 0.29) is 11.0 Å². The summed E-state index contributed by atoms with van der Waals surface area (Å²) in [5.41, 5.74) is 0.650. The molecule has 1 fully saturated rings. The molecule has 0 amide bonds. The Morgan fingerprint density at radius 3 is 1.89 bits per heavy atom.